The predicted octanol–water partition coefficient (Wildman–Crippen LogP) is 11.5. The van der Waals surface area contributed by atoms with Crippen molar-refractivity contribution in [2.45, 2.75) is 180 Å². The molecule has 0 aromatic rings. The number of carbonyl (C=O) groups excluding carboxylic acids is 1. The maximum Gasteiger partial charge on any atom is 0.267 e. The number of rotatable bonds is 34. The minimum absolute atomic E-state index is 0.270. The molecular weight excluding hydrogens is 631 g/mol. The highest BCUT2D eigenvalue weighted by Crippen LogP contribution is 2.13. The number of allylic oxidation sites excluding steroid dienone is 11. The molecule has 282 valence electrons. The number of aliphatic hydroxyl groups excluding tert-OH is 1. The van der Waals surface area contributed by atoms with Crippen molar-refractivity contribution in [1.82, 2.24) is 5.32 Å². The fraction of sp³-hybridized carbons (Fsp3) is 0.690. The van der Waals surface area contributed by atoms with Crippen molar-refractivity contribution in [1.29, 1.82) is 0 Å². The second-order valence-electron chi connectivity index (χ2n) is 13.2. The molecule has 2 unspecified atom stereocenters. The van der Waals surface area contributed by atoms with Crippen LogP contribution in [0.4, 0.5) is 0 Å². The average Bonchev–Trinajstić information content (AvgIpc) is 3.06. The van der Waals surface area contributed by atoms with E-state index in [1.54, 1.807) is 6.08 Å². The first kappa shape index (κ1) is 46.8. The summed E-state index contributed by atoms with van der Waals surface area (Å²) in [6.07, 6.45) is 50.2. The summed E-state index contributed by atoms with van der Waals surface area (Å²) in [5.74, 6) is -1.01. The normalized spacial score (nSPS) is 14.1. The van der Waals surface area contributed by atoms with Gasteiger partial charge in [-0.05, 0) is 64.2 Å². The Kier molecular flexibility index (Phi) is 34.0. The molecule has 0 aliphatic carbocycles. The fourth-order valence-electron chi connectivity index (χ4n) is 5.47. The van der Waals surface area contributed by atoms with Gasteiger partial charge in [-0.15, -0.1) is 0 Å². The lowest BCUT2D eigenvalue weighted by Crippen LogP contribution is -2.46. The van der Waals surface area contributed by atoms with Gasteiger partial charge in [-0.25, -0.2) is 0 Å². The van der Waals surface area contributed by atoms with Gasteiger partial charge < -0.3 is 10.4 Å². The average molecular weight is 704 g/mol. The quantitative estimate of drug-likeness (QED) is 0.0351. The van der Waals surface area contributed by atoms with Crippen molar-refractivity contribution in [2.24, 2.45) is 0 Å². The molecule has 7 heteroatoms. The lowest BCUT2D eigenvalue weighted by molar-refractivity contribution is -0.122. The van der Waals surface area contributed by atoms with Crippen LogP contribution in [0.25, 0.3) is 0 Å². The molecule has 49 heavy (non-hydrogen) atoms. The van der Waals surface area contributed by atoms with Crippen molar-refractivity contribution >= 4 is 16.0 Å². The number of hydrogen-bond acceptors (Lipinski definition) is 4. The van der Waals surface area contributed by atoms with Crippen LogP contribution in [0.5, 0.6) is 0 Å². The highest BCUT2D eigenvalue weighted by Gasteiger charge is 2.24. The lowest BCUT2D eigenvalue weighted by Gasteiger charge is -2.21. The minimum atomic E-state index is -4.35. The van der Waals surface area contributed by atoms with E-state index in [1.165, 1.54) is 57.8 Å². The van der Waals surface area contributed by atoms with E-state index < -0.39 is 28.0 Å². The zero-order valence-corrected chi connectivity index (χ0v) is 32.1. The van der Waals surface area contributed by atoms with Crippen LogP contribution in [0.15, 0.2) is 72.9 Å². The van der Waals surface area contributed by atoms with Crippen LogP contribution < -0.4 is 5.32 Å². The molecule has 3 N–H and O–H groups in total. The molecule has 1 amide bonds. The molecule has 0 aliphatic rings. The fourth-order valence-corrected chi connectivity index (χ4v) is 6.21. The molecule has 0 saturated heterocycles. The Morgan fingerprint density at radius 2 is 0.980 bits per heavy atom. The summed E-state index contributed by atoms with van der Waals surface area (Å²) in [4.78, 5) is 12.5. The Balaban J connectivity index is 4.01. The van der Waals surface area contributed by atoms with Crippen LogP contribution in [0.1, 0.15) is 168 Å². The van der Waals surface area contributed by atoms with Gasteiger partial charge in [0.15, 0.2) is 0 Å². The number of aliphatic hydroxyl groups is 1. The largest absolute Gasteiger partial charge is 0.387 e. The minimum Gasteiger partial charge on any atom is -0.387 e. The molecule has 6 nitrogen and oxygen atoms in total. The van der Waals surface area contributed by atoms with Gasteiger partial charge in [0.05, 0.1) is 17.9 Å². The number of nitrogens with one attached hydrogen (secondary N) is 1. The monoisotopic (exact) mass is 704 g/mol. The van der Waals surface area contributed by atoms with Crippen LogP contribution in [-0.4, -0.2) is 41.9 Å². The maximum atomic E-state index is 12.5. The molecule has 0 saturated carbocycles. The number of unbranched alkanes of at least 4 members (excludes halogenated alkanes) is 16. The zero-order chi connectivity index (χ0) is 36.1. The molecule has 0 fully saturated rings. The van der Waals surface area contributed by atoms with Crippen molar-refractivity contribution in [3.63, 3.8) is 0 Å². The van der Waals surface area contributed by atoms with Crippen molar-refractivity contribution in [2.75, 3.05) is 5.75 Å². The second kappa shape index (κ2) is 35.6. The van der Waals surface area contributed by atoms with Gasteiger partial charge in [0.2, 0.25) is 5.91 Å². The topological polar surface area (TPSA) is 104 Å². The zero-order valence-electron chi connectivity index (χ0n) is 31.3. The molecule has 2 atom stereocenters. The Morgan fingerprint density at radius 1 is 0.571 bits per heavy atom. The van der Waals surface area contributed by atoms with Crippen LogP contribution >= 0.6 is 0 Å². The van der Waals surface area contributed by atoms with Gasteiger partial charge in [-0.1, -0.05) is 170 Å². The lowest BCUT2D eigenvalue weighted by atomic mass is 10.0. The first-order valence-corrected chi connectivity index (χ1v) is 21.2. The van der Waals surface area contributed by atoms with Gasteiger partial charge in [-0.2, -0.15) is 8.42 Å². The van der Waals surface area contributed by atoms with Crippen molar-refractivity contribution < 1.29 is 22.9 Å². The van der Waals surface area contributed by atoms with Crippen LogP contribution in [0.3, 0.4) is 0 Å². The van der Waals surface area contributed by atoms with Gasteiger partial charge >= 0.3 is 0 Å². The van der Waals surface area contributed by atoms with Gasteiger partial charge in [0.25, 0.3) is 10.1 Å². The molecular formula is C42H73NO5S. The summed E-state index contributed by atoms with van der Waals surface area (Å²) in [5, 5.41) is 13.2. The Hall–Kier alpha value is -2.22. The van der Waals surface area contributed by atoms with Crippen LogP contribution in [0, 0.1) is 0 Å². The second-order valence-corrected chi connectivity index (χ2v) is 14.7. The summed E-state index contributed by atoms with van der Waals surface area (Å²) in [5.41, 5.74) is 0. The maximum absolute atomic E-state index is 12.5. The Bertz CT molecular complexity index is 1040. The molecule has 0 bridgehead atoms. The third-order valence-corrected chi connectivity index (χ3v) is 9.17. The van der Waals surface area contributed by atoms with Crippen LogP contribution in [0.2, 0.25) is 0 Å². The SMILES string of the molecule is CC/C=C\C/C=C\C/C=C\C/C=C\C/C=C\CCCCCCCC(=O)NC(CS(=O)(=O)O)C(O)/C=C/CCCCCCCCCCCCC. The van der Waals surface area contributed by atoms with Gasteiger partial charge in [0.1, 0.15) is 0 Å². The molecule has 0 radical (unpaired) electrons. The summed E-state index contributed by atoms with van der Waals surface area (Å²) >= 11 is 0. The van der Waals surface area contributed by atoms with Crippen molar-refractivity contribution in [3.8, 4) is 0 Å². The summed E-state index contributed by atoms with van der Waals surface area (Å²) < 4.78 is 32.4. The number of hydrogen-bond donors (Lipinski definition) is 3. The van der Waals surface area contributed by atoms with E-state index in [4.69, 9.17) is 0 Å². The Labute approximate surface area is 302 Å². The highest BCUT2D eigenvalue weighted by molar-refractivity contribution is 7.85. The molecule has 0 spiro atoms. The highest BCUT2D eigenvalue weighted by atomic mass is 32.2. The van der Waals surface area contributed by atoms with E-state index in [0.717, 1.165) is 83.5 Å². The number of amides is 1. The molecule has 0 aromatic carbocycles. The molecule has 0 rings (SSSR count). The van der Waals surface area contributed by atoms with E-state index in [0.29, 0.717) is 6.42 Å². The van der Waals surface area contributed by atoms with Gasteiger partial charge in [0, 0.05) is 6.42 Å². The number of carbonyl (C=O) groups is 1. The third-order valence-electron chi connectivity index (χ3n) is 8.39. The standard InChI is InChI=1S/C42H73NO5S/c1-3-5-7-9-11-13-15-17-18-19-20-21-22-23-24-26-28-30-32-34-36-38-42(45)43-40(39-49(46,47)48)41(44)37-35-33-31-29-27-25-16-14-12-10-8-6-4-2/h5,7,11,13,17-18,20-21,23-24,35,37,40-41,44H,3-4,6,8-10,12,14-16,19,22,25-34,36,38-39H2,1-2H3,(H,43,45)(H,46,47,48)/b7-5-,13-11-,18-17-,21-20-,24-23-,37-35+. The summed E-state index contributed by atoms with van der Waals surface area (Å²) in [6.45, 7) is 4.39. The Morgan fingerprint density at radius 3 is 1.45 bits per heavy atom. The van der Waals surface area contributed by atoms with E-state index >= 15 is 0 Å². The molecule has 0 aliphatic heterocycles. The predicted molar refractivity (Wildman–Crippen MR) is 211 cm³/mol. The molecule has 0 heterocycles. The van der Waals surface area contributed by atoms with Gasteiger partial charge in [-0.3, -0.25) is 9.35 Å². The third kappa shape index (κ3) is 36.9. The summed E-state index contributed by atoms with van der Waals surface area (Å²) in [7, 11) is -4.35. The summed E-state index contributed by atoms with van der Waals surface area (Å²) in [6, 6.07) is -1.07. The van der Waals surface area contributed by atoms with E-state index in [1.807, 2.05) is 6.08 Å². The van der Waals surface area contributed by atoms with E-state index in [2.05, 4.69) is 79.9 Å². The van der Waals surface area contributed by atoms with E-state index in [9.17, 15) is 22.9 Å². The van der Waals surface area contributed by atoms with Crippen LogP contribution in [-0.2, 0) is 14.9 Å². The smallest absolute Gasteiger partial charge is 0.267 e. The van der Waals surface area contributed by atoms with Crippen molar-refractivity contribution in [3.05, 3.63) is 72.9 Å². The molecule has 0 aromatic heterocycles. The first-order valence-electron chi connectivity index (χ1n) is 19.6. The first-order chi connectivity index (χ1) is 23.8. The van der Waals surface area contributed by atoms with E-state index in [-0.39, 0.29) is 12.3 Å².